The predicted molar refractivity (Wildman–Crippen MR) is 83.1 cm³/mol. The Hall–Kier alpha value is -1.62. The molecule has 1 aromatic heterocycles. The lowest BCUT2D eigenvalue weighted by molar-refractivity contribution is -0.122. The van der Waals surface area contributed by atoms with Crippen LogP contribution in [0.2, 0.25) is 0 Å². The minimum atomic E-state index is -0.919. The Labute approximate surface area is 126 Å². The molecule has 0 saturated heterocycles. The predicted octanol–water partition coefficient (Wildman–Crippen LogP) is 1.46. The van der Waals surface area contributed by atoms with E-state index >= 15 is 0 Å². The third kappa shape index (κ3) is 6.12. The molecular formula is C16H26N2O3. The van der Waals surface area contributed by atoms with Gasteiger partial charge in [0.25, 0.3) is 5.56 Å². The highest BCUT2D eigenvalue weighted by Gasteiger charge is 2.21. The zero-order valence-corrected chi connectivity index (χ0v) is 13.3. The van der Waals surface area contributed by atoms with Crippen molar-refractivity contribution in [3.8, 4) is 0 Å². The fourth-order valence-electron chi connectivity index (χ4n) is 1.97. The smallest absolute Gasteiger partial charge is 0.253 e. The van der Waals surface area contributed by atoms with Crippen LogP contribution in [0.15, 0.2) is 23.1 Å². The van der Waals surface area contributed by atoms with Crippen molar-refractivity contribution in [2.75, 3.05) is 6.54 Å². The van der Waals surface area contributed by atoms with Crippen LogP contribution in [0.3, 0.4) is 0 Å². The van der Waals surface area contributed by atoms with E-state index in [0.717, 1.165) is 6.42 Å². The molecule has 0 aromatic carbocycles. The Balaban J connectivity index is 2.51. The number of pyridine rings is 1. The maximum Gasteiger partial charge on any atom is 0.253 e. The number of nitrogens with zero attached hydrogens (tertiary/aromatic N) is 1. The number of rotatable bonds is 7. The van der Waals surface area contributed by atoms with Crippen LogP contribution >= 0.6 is 0 Å². The fraction of sp³-hybridized carbons (Fsp3) is 0.625. The highest BCUT2D eigenvalue weighted by Crippen LogP contribution is 2.15. The molecule has 0 radical (unpaired) electrons. The van der Waals surface area contributed by atoms with Gasteiger partial charge in [-0.1, -0.05) is 19.9 Å². The van der Waals surface area contributed by atoms with E-state index in [4.69, 9.17) is 0 Å². The number of aromatic nitrogens is 1. The third-order valence-corrected chi connectivity index (χ3v) is 3.45. The van der Waals surface area contributed by atoms with E-state index in [2.05, 4.69) is 19.2 Å². The molecule has 5 nitrogen and oxygen atoms in total. The van der Waals surface area contributed by atoms with Gasteiger partial charge < -0.3 is 15.0 Å². The summed E-state index contributed by atoms with van der Waals surface area (Å²) < 4.78 is 1.37. The van der Waals surface area contributed by atoms with E-state index in [0.29, 0.717) is 17.9 Å². The molecule has 1 atom stereocenters. The van der Waals surface area contributed by atoms with E-state index in [-0.39, 0.29) is 24.6 Å². The van der Waals surface area contributed by atoms with Crippen molar-refractivity contribution in [3.63, 3.8) is 0 Å². The van der Waals surface area contributed by atoms with E-state index in [1.165, 1.54) is 4.57 Å². The lowest BCUT2D eigenvalue weighted by Gasteiger charge is -2.24. The van der Waals surface area contributed by atoms with Gasteiger partial charge in [0.2, 0.25) is 5.91 Å². The number of aliphatic hydroxyl groups is 1. The van der Waals surface area contributed by atoms with Gasteiger partial charge in [-0.3, -0.25) is 9.59 Å². The molecule has 5 heteroatoms. The lowest BCUT2D eigenvalue weighted by atomic mass is 9.95. The Morgan fingerprint density at radius 2 is 2.14 bits per heavy atom. The minimum absolute atomic E-state index is 0.0270. The fourth-order valence-corrected chi connectivity index (χ4v) is 1.97. The van der Waals surface area contributed by atoms with Gasteiger partial charge in [-0.05, 0) is 38.7 Å². The first-order valence-corrected chi connectivity index (χ1v) is 7.36. The summed E-state index contributed by atoms with van der Waals surface area (Å²) in [7, 11) is 0. The number of amides is 1. The summed E-state index contributed by atoms with van der Waals surface area (Å²) in [5, 5.41) is 12.9. The lowest BCUT2D eigenvalue weighted by Crippen LogP contribution is -2.42. The molecule has 0 bridgehead atoms. The number of nitrogens with one attached hydrogen (secondary N) is 1. The normalized spacial score (nSPS) is 14.0. The maximum absolute atomic E-state index is 11.9. The van der Waals surface area contributed by atoms with Crippen molar-refractivity contribution >= 4 is 5.91 Å². The average Bonchev–Trinajstić information content (AvgIpc) is 2.40. The third-order valence-electron chi connectivity index (χ3n) is 3.45. The Morgan fingerprint density at radius 1 is 1.48 bits per heavy atom. The Morgan fingerprint density at radius 3 is 2.76 bits per heavy atom. The number of carbonyl (C=O) groups excluding carboxylic acids is 1. The molecule has 0 aliphatic carbocycles. The molecule has 1 rings (SSSR count). The minimum Gasteiger partial charge on any atom is -0.388 e. The van der Waals surface area contributed by atoms with Crippen LogP contribution in [0.5, 0.6) is 0 Å². The zero-order valence-electron chi connectivity index (χ0n) is 13.3. The first-order chi connectivity index (χ1) is 9.71. The highest BCUT2D eigenvalue weighted by molar-refractivity contribution is 5.75. The topological polar surface area (TPSA) is 71.3 Å². The maximum atomic E-state index is 11.9. The van der Waals surface area contributed by atoms with E-state index in [9.17, 15) is 14.7 Å². The van der Waals surface area contributed by atoms with Gasteiger partial charge in [0.05, 0.1) is 5.60 Å². The van der Waals surface area contributed by atoms with Crippen molar-refractivity contribution in [1.82, 2.24) is 9.88 Å². The second-order valence-electron chi connectivity index (χ2n) is 6.33. The summed E-state index contributed by atoms with van der Waals surface area (Å²) in [6.07, 6.45) is 3.13. The SMILES string of the molecule is Cc1cccn(CC(=O)NCC(C)(O)CCC(C)C)c1=O. The quantitative estimate of drug-likeness (QED) is 0.800. The van der Waals surface area contributed by atoms with Crippen molar-refractivity contribution in [2.24, 2.45) is 5.92 Å². The number of aryl methyl sites for hydroxylation is 1. The molecule has 118 valence electrons. The zero-order chi connectivity index (χ0) is 16.0. The second kappa shape index (κ2) is 7.41. The molecule has 21 heavy (non-hydrogen) atoms. The van der Waals surface area contributed by atoms with Gasteiger partial charge in [-0.2, -0.15) is 0 Å². The molecule has 1 amide bonds. The van der Waals surface area contributed by atoms with E-state index in [1.54, 1.807) is 32.2 Å². The Bertz CT molecular complexity index is 533. The molecule has 2 N–H and O–H groups in total. The molecule has 0 spiro atoms. The van der Waals surface area contributed by atoms with Crippen molar-refractivity contribution in [1.29, 1.82) is 0 Å². The van der Waals surface area contributed by atoms with Crippen LogP contribution in [-0.4, -0.2) is 27.7 Å². The highest BCUT2D eigenvalue weighted by atomic mass is 16.3. The number of carbonyl (C=O) groups is 1. The molecule has 1 heterocycles. The van der Waals surface area contributed by atoms with Crippen molar-refractivity contribution < 1.29 is 9.90 Å². The monoisotopic (exact) mass is 294 g/mol. The summed E-state index contributed by atoms with van der Waals surface area (Å²) in [5.74, 6) is 0.241. The van der Waals surface area contributed by atoms with Crippen LogP contribution in [0.4, 0.5) is 0 Å². The van der Waals surface area contributed by atoms with Crippen molar-refractivity contribution in [2.45, 2.75) is 52.7 Å². The molecule has 0 saturated carbocycles. The van der Waals surface area contributed by atoms with Gasteiger partial charge in [0.1, 0.15) is 6.54 Å². The molecule has 0 fully saturated rings. The summed E-state index contributed by atoms with van der Waals surface area (Å²) in [6, 6.07) is 3.45. The molecular weight excluding hydrogens is 268 g/mol. The largest absolute Gasteiger partial charge is 0.388 e. The van der Waals surface area contributed by atoms with Crippen LogP contribution in [0.25, 0.3) is 0 Å². The first-order valence-electron chi connectivity index (χ1n) is 7.36. The van der Waals surface area contributed by atoms with E-state index < -0.39 is 5.60 Å². The number of hydrogen-bond acceptors (Lipinski definition) is 3. The van der Waals surface area contributed by atoms with Gasteiger partial charge in [0.15, 0.2) is 0 Å². The van der Waals surface area contributed by atoms with Crippen LogP contribution in [0.1, 0.15) is 39.2 Å². The van der Waals surface area contributed by atoms with Crippen LogP contribution in [0, 0.1) is 12.8 Å². The van der Waals surface area contributed by atoms with Gasteiger partial charge in [-0.25, -0.2) is 0 Å². The Kier molecular flexibility index (Phi) is 6.15. The average molecular weight is 294 g/mol. The van der Waals surface area contributed by atoms with E-state index in [1.807, 2.05) is 0 Å². The summed E-state index contributed by atoms with van der Waals surface area (Å²) >= 11 is 0. The van der Waals surface area contributed by atoms with Gasteiger partial charge in [-0.15, -0.1) is 0 Å². The molecule has 0 aliphatic rings. The van der Waals surface area contributed by atoms with Gasteiger partial charge >= 0.3 is 0 Å². The molecule has 1 unspecified atom stereocenters. The first kappa shape index (κ1) is 17.4. The molecule has 1 aromatic rings. The summed E-state index contributed by atoms with van der Waals surface area (Å²) in [4.78, 5) is 23.7. The van der Waals surface area contributed by atoms with Gasteiger partial charge in [0, 0.05) is 18.3 Å². The molecule has 0 aliphatic heterocycles. The summed E-state index contributed by atoms with van der Waals surface area (Å²) in [6.45, 7) is 7.79. The summed E-state index contributed by atoms with van der Waals surface area (Å²) in [5.41, 5.74) is -0.481. The van der Waals surface area contributed by atoms with Crippen LogP contribution < -0.4 is 10.9 Å². The standard InChI is InChI=1S/C16H26N2O3/c1-12(2)7-8-16(4,21)11-17-14(19)10-18-9-5-6-13(3)15(18)20/h5-6,9,12,21H,7-8,10-11H2,1-4H3,(H,17,19). The van der Waals surface area contributed by atoms with Crippen LogP contribution in [-0.2, 0) is 11.3 Å². The number of hydrogen-bond donors (Lipinski definition) is 2. The second-order valence-corrected chi connectivity index (χ2v) is 6.33. The van der Waals surface area contributed by atoms with Crippen molar-refractivity contribution in [3.05, 3.63) is 34.2 Å².